The molecule has 0 aliphatic carbocycles. The van der Waals surface area contributed by atoms with Gasteiger partial charge in [0.1, 0.15) is 0 Å². The van der Waals surface area contributed by atoms with Crippen LogP contribution in [0.4, 0.5) is 13.2 Å². The third-order valence-corrected chi connectivity index (χ3v) is 3.57. The number of nitrogens with zero attached hydrogens (tertiary/aromatic N) is 2. The third kappa shape index (κ3) is 4.28. The predicted octanol–water partition coefficient (Wildman–Crippen LogP) is 3.18. The second-order valence-corrected chi connectivity index (χ2v) is 5.08. The number of nitrogens with one attached hydrogen (secondary N) is 1. The minimum absolute atomic E-state index is 0.362. The molecule has 1 atom stereocenters. The predicted molar refractivity (Wildman–Crippen MR) is 67.3 cm³/mol. The minimum atomic E-state index is -4.13. The molecule has 0 aromatic carbocycles. The standard InChI is InChI=1S/C11H17BrF3N3/c1-4-8-10(12)9(18(3)17-8)6-16-7(2)5-11(13,14)15/h7,16H,4-6H2,1-3H3. The van der Waals surface area contributed by atoms with Gasteiger partial charge in [-0.05, 0) is 29.3 Å². The molecule has 1 unspecified atom stereocenters. The highest BCUT2D eigenvalue weighted by Crippen LogP contribution is 2.23. The molecule has 0 spiro atoms. The molecule has 1 N–H and O–H groups in total. The largest absolute Gasteiger partial charge is 0.390 e. The quantitative estimate of drug-likeness (QED) is 0.900. The average Bonchev–Trinajstić information content (AvgIpc) is 2.49. The van der Waals surface area contributed by atoms with E-state index in [1.165, 1.54) is 6.92 Å². The lowest BCUT2D eigenvalue weighted by atomic mass is 10.2. The van der Waals surface area contributed by atoms with E-state index in [4.69, 9.17) is 0 Å². The van der Waals surface area contributed by atoms with Crippen molar-refractivity contribution in [1.29, 1.82) is 0 Å². The molecule has 18 heavy (non-hydrogen) atoms. The summed E-state index contributed by atoms with van der Waals surface area (Å²) >= 11 is 3.43. The maximum Gasteiger partial charge on any atom is 0.390 e. The van der Waals surface area contributed by atoms with Crippen LogP contribution in [0.5, 0.6) is 0 Å². The second-order valence-electron chi connectivity index (χ2n) is 4.29. The van der Waals surface area contributed by atoms with E-state index in [0.29, 0.717) is 6.54 Å². The van der Waals surface area contributed by atoms with E-state index in [1.807, 2.05) is 6.92 Å². The Balaban J connectivity index is 2.61. The maximum atomic E-state index is 12.2. The summed E-state index contributed by atoms with van der Waals surface area (Å²) in [6.07, 6.45) is -4.18. The van der Waals surface area contributed by atoms with Crippen LogP contribution >= 0.6 is 15.9 Å². The van der Waals surface area contributed by atoms with Crippen molar-refractivity contribution in [3.63, 3.8) is 0 Å². The number of aromatic nitrogens is 2. The van der Waals surface area contributed by atoms with Gasteiger partial charge in [0.15, 0.2) is 0 Å². The fourth-order valence-electron chi connectivity index (χ4n) is 1.70. The van der Waals surface area contributed by atoms with Crippen molar-refractivity contribution in [3.8, 4) is 0 Å². The molecular weight excluding hydrogens is 311 g/mol. The van der Waals surface area contributed by atoms with Crippen LogP contribution in [0.1, 0.15) is 31.7 Å². The number of hydrogen-bond donors (Lipinski definition) is 1. The van der Waals surface area contributed by atoms with E-state index in [1.54, 1.807) is 11.7 Å². The molecule has 1 aromatic rings. The Morgan fingerprint density at radius 3 is 2.50 bits per heavy atom. The molecule has 1 aromatic heterocycles. The molecule has 1 rings (SSSR count). The average molecular weight is 328 g/mol. The van der Waals surface area contributed by atoms with Gasteiger partial charge in [-0.2, -0.15) is 18.3 Å². The van der Waals surface area contributed by atoms with Crippen LogP contribution in [-0.2, 0) is 20.0 Å². The summed E-state index contributed by atoms with van der Waals surface area (Å²) in [6.45, 7) is 3.87. The van der Waals surface area contributed by atoms with Crippen molar-refractivity contribution < 1.29 is 13.2 Å². The highest BCUT2D eigenvalue weighted by atomic mass is 79.9. The van der Waals surface area contributed by atoms with E-state index in [-0.39, 0.29) is 0 Å². The summed E-state index contributed by atoms with van der Waals surface area (Å²) in [7, 11) is 1.79. The SMILES string of the molecule is CCc1nn(C)c(CNC(C)CC(F)(F)F)c1Br. The molecule has 7 heteroatoms. The van der Waals surface area contributed by atoms with Crippen LogP contribution in [0, 0.1) is 0 Å². The van der Waals surface area contributed by atoms with Crippen LogP contribution in [0.15, 0.2) is 4.47 Å². The number of rotatable bonds is 5. The maximum absolute atomic E-state index is 12.2. The van der Waals surface area contributed by atoms with Crippen molar-refractivity contribution in [1.82, 2.24) is 15.1 Å². The van der Waals surface area contributed by atoms with E-state index < -0.39 is 18.6 Å². The van der Waals surface area contributed by atoms with Crippen LogP contribution in [-0.4, -0.2) is 22.0 Å². The van der Waals surface area contributed by atoms with Gasteiger partial charge in [0.25, 0.3) is 0 Å². The normalized spacial score (nSPS) is 13.9. The zero-order valence-electron chi connectivity index (χ0n) is 10.6. The molecule has 0 bridgehead atoms. The van der Waals surface area contributed by atoms with Crippen LogP contribution < -0.4 is 5.32 Å². The van der Waals surface area contributed by atoms with E-state index in [9.17, 15) is 13.2 Å². The van der Waals surface area contributed by atoms with E-state index in [2.05, 4.69) is 26.3 Å². The van der Waals surface area contributed by atoms with Gasteiger partial charge in [-0.15, -0.1) is 0 Å². The molecule has 0 saturated heterocycles. The van der Waals surface area contributed by atoms with Crippen LogP contribution in [0.3, 0.4) is 0 Å². The number of halogens is 4. The van der Waals surface area contributed by atoms with Crippen LogP contribution in [0.2, 0.25) is 0 Å². The summed E-state index contributed by atoms with van der Waals surface area (Å²) in [6, 6.07) is -0.614. The molecule has 0 saturated carbocycles. The Hall–Kier alpha value is -0.560. The van der Waals surface area contributed by atoms with E-state index >= 15 is 0 Å². The summed E-state index contributed by atoms with van der Waals surface area (Å²) in [5.41, 5.74) is 1.78. The highest BCUT2D eigenvalue weighted by Gasteiger charge is 2.29. The van der Waals surface area contributed by atoms with Gasteiger partial charge in [0, 0.05) is 19.6 Å². The molecule has 0 fully saturated rings. The smallest absolute Gasteiger partial charge is 0.308 e. The first-order chi connectivity index (χ1) is 8.24. The monoisotopic (exact) mass is 327 g/mol. The first-order valence-electron chi connectivity index (χ1n) is 5.75. The molecule has 0 radical (unpaired) electrons. The van der Waals surface area contributed by atoms with Crippen molar-refractivity contribution in [2.45, 2.75) is 45.5 Å². The molecule has 0 aliphatic heterocycles. The Kier molecular flexibility index (Phi) is 5.21. The van der Waals surface area contributed by atoms with Gasteiger partial charge in [0.2, 0.25) is 0 Å². The number of hydrogen-bond acceptors (Lipinski definition) is 2. The van der Waals surface area contributed by atoms with Crippen molar-refractivity contribution in [2.24, 2.45) is 7.05 Å². The Morgan fingerprint density at radius 1 is 1.44 bits per heavy atom. The van der Waals surface area contributed by atoms with Gasteiger partial charge < -0.3 is 5.32 Å². The van der Waals surface area contributed by atoms with Crippen molar-refractivity contribution in [3.05, 3.63) is 15.9 Å². The lowest BCUT2D eigenvalue weighted by Crippen LogP contribution is -2.31. The molecule has 0 amide bonds. The van der Waals surface area contributed by atoms with Gasteiger partial charge in [-0.3, -0.25) is 4.68 Å². The van der Waals surface area contributed by atoms with Crippen molar-refractivity contribution in [2.75, 3.05) is 0 Å². The molecule has 1 heterocycles. The Morgan fingerprint density at radius 2 is 2.06 bits per heavy atom. The number of aryl methyl sites for hydroxylation is 2. The second kappa shape index (κ2) is 6.06. The zero-order chi connectivity index (χ0) is 13.9. The molecule has 104 valence electrons. The fraction of sp³-hybridized carbons (Fsp3) is 0.727. The summed E-state index contributed by atoms with van der Waals surface area (Å²) < 4.78 is 39.1. The third-order valence-electron chi connectivity index (χ3n) is 2.66. The highest BCUT2D eigenvalue weighted by molar-refractivity contribution is 9.10. The molecule has 0 aliphatic rings. The van der Waals surface area contributed by atoms with Crippen molar-refractivity contribution >= 4 is 15.9 Å². The molecular formula is C11H17BrF3N3. The summed E-state index contributed by atoms with van der Waals surface area (Å²) in [4.78, 5) is 0. The number of alkyl halides is 3. The Labute approximate surface area is 113 Å². The van der Waals surface area contributed by atoms with Crippen LogP contribution in [0.25, 0.3) is 0 Å². The first kappa shape index (κ1) is 15.5. The Bertz CT molecular complexity index is 401. The summed E-state index contributed by atoms with van der Waals surface area (Å²) in [5, 5.41) is 7.15. The lowest BCUT2D eigenvalue weighted by molar-refractivity contribution is -0.139. The van der Waals surface area contributed by atoms with Gasteiger partial charge in [-0.1, -0.05) is 6.92 Å². The van der Waals surface area contributed by atoms with Gasteiger partial charge in [-0.25, -0.2) is 0 Å². The summed E-state index contributed by atoms with van der Waals surface area (Å²) in [5.74, 6) is 0. The topological polar surface area (TPSA) is 29.9 Å². The molecule has 3 nitrogen and oxygen atoms in total. The van der Waals surface area contributed by atoms with Gasteiger partial charge >= 0.3 is 6.18 Å². The zero-order valence-corrected chi connectivity index (χ0v) is 12.2. The van der Waals surface area contributed by atoms with Gasteiger partial charge in [0.05, 0.1) is 22.3 Å². The first-order valence-corrected chi connectivity index (χ1v) is 6.54. The van der Waals surface area contributed by atoms with E-state index in [0.717, 1.165) is 22.3 Å². The fourth-order valence-corrected chi connectivity index (χ4v) is 2.46. The minimum Gasteiger partial charge on any atom is -0.308 e. The lowest BCUT2D eigenvalue weighted by Gasteiger charge is -2.16.